The molecule has 2 aromatic carbocycles. The van der Waals surface area contributed by atoms with E-state index in [1.165, 1.54) is 6.92 Å². The van der Waals surface area contributed by atoms with E-state index < -0.39 is 36.2 Å². The predicted molar refractivity (Wildman–Crippen MR) is 130 cm³/mol. The van der Waals surface area contributed by atoms with Crippen LogP contribution in [0.3, 0.4) is 0 Å². The third kappa shape index (κ3) is 9.66. The van der Waals surface area contributed by atoms with Crippen LogP contribution in [0.25, 0.3) is 0 Å². The average molecular weight is 487 g/mol. The molecule has 0 radical (unpaired) electrons. The Kier molecular flexibility index (Phi) is 10.1. The number of esters is 1. The van der Waals surface area contributed by atoms with E-state index in [0.717, 1.165) is 18.2 Å². The molecule has 0 spiro atoms. The fraction of sp³-hybridized carbons (Fsp3) is 0.423. The van der Waals surface area contributed by atoms with E-state index in [-0.39, 0.29) is 18.6 Å². The summed E-state index contributed by atoms with van der Waals surface area (Å²) in [4.78, 5) is 37.5. The van der Waals surface area contributed by atoms with Crippen LogP contribution in [0, 0.1) is 0 Å². The van der Waals surface area contributed by atoms with E-state index in [2.05, 4.69) is 15.4 Å². The number of aliphatic hydroxyl groups is 1. The summed E-state index contributed by atoms with van der Waals surface area (Å²) in [5, 5.41) is 14.9. The summed E-state index contributed by atoms with van der Waals surface area (Å²) in [5.74, 6) is -0.812. The van der Waals surface area contributed by atoms with E-state index in [0.29, 0.717) is 5.75 Å². The van der Waals surface area contributed by atoms with Crippen LogP contribution in [0.1, 0.15) is 38.8 Å². The molecule has 0 aliphatic rings. The minimum absolute atomic E-state index is 0.0261. The van der Waals surface area contributed by atoms with Gasteiger partial charge in [-0.15, -0.1) is 0 Å². The van der Waals surface area contributed by atoms with E-state index in [9.17, 15) is 19.5 Å². The molecule has 2 amide bonds. The number of carbonyl (C=O) groups excluding carboxylic acids is 3. The van der Waals surface area contributed by atoms with Gasteiger partial charge in [-0.25, -0.2) is 9.59 Å². The van der Waals surface area contributed by atoms with Gasteiger partial charge in [-0.3, -0.25) is 4.79 Å². The first-order valence-electron chi connectivity index (χ1n) is 11.3. The third-order valence-electron chi connectivity index (χ3n) is 4.84. The van der Waals surface area contributed by atoms with Gasteiger partial charge in [0.1, 0.15) is 24.0 Å². The fourth-order valence-corrected chi connectivity index (χ4v) is 3.16. The topological polar surface area (TPSA) is 123 Å². The largest absolute Gasteiger partial charge is 0.488 e. The van der Waals surface area contributed by atoms with Gasteiger partial charge in [0, 0.05) is 6.42 Å². The molecule has 0 bridgehead atoms. The van der Waals surface area contributed by atoms with E-state index in [1.54, 1.807) is 24.3 Å². The third-order valence-corrected chi connectivity index (χ3v) is 4.84. The average Bonchev–Trinajstić information content (AvgIpc) is 2.81. The van der Waals surface area contributed by atoms with Crippen LogP contribution >= 0.6 is 0 Å². The van der Waals surface area contributed by atoms with Crippen LogP contribution in [0.15, 0.2) is 54.6 Å². The number of alkyl carbamates (subject to hydrolysis) is 1. The minimum Gasteiger partial charge on any atom is -0.488 e. The van der Waals surface area contributed by atoms with Crippen molar-refractivity contribution in [2.75, 3.05) is 7.11 Å². The molecule has 3 atom stereocenters. The number of methoxy groups -OCH3 is 1. The van der Waals surface area contributed by atoms with Crippen molar-refractivity contribution in [2.45, 2.75) is 64.5 Å². The lowest BCUT2D eigenvalue weighted by Crippen LogP contribution is -2.55. The second kappa shape index (κ2) is 12.8. The molecule has 9 heteroatoms. The Bertz CT molecular complexity index is 969. The highest BCUT2D eigenvalue weighted by Gasteiger charge is 2.31. The zero-order valence-corrected chi connectivity index (χ0v) is 20.7. The molecule has 0 saturated heterocycles. The molecule has 3 N–H and O–H groups in total. The van der Waals surface area contributed by atoms with Gasteiger partial charge in [0.25, 0.3) is 0 Å². The van der Waals surface area contributed by atoms with Gasteiger partial charge in [-0.1, -0.05) is 42.5 Å². The second-order valence-corrected chi connectivity index (χ2v) is 9.07. The van der Waals surface area contributed by atoms with Crippen molar-refractivity contribution in [3.05, 3.63) is 65.7 Å². The number of aliphatic hydroxyl groups excluding tert-OH is 1. The number of nitrogens with one attached hydrogen (secondary N) is 2. The lowest BCUT2D eigenvalue weighted by Gasteiger charge is -2.24. The Morgan fingerprint density at radius 1 is 0.943 bits per heavy atom. The summed E-state index contributed by atoms with van der Waals surface area (Å²) in [7, 11) is 1.15. The van der Waals surface area contributed by atoms with Gasteiger partial charge in [0.15, 0.2) is 6.04 Å². The number of hydrogen-bond acceptors (Lipinski definition) is 7. The van der Waals surface area contributed by atoms with Gasteiger partial charge in [0.05, 0.1) is 13.2 Å². The molecule has 9 nitrogen and oxygen atoms in total. The van der Waals surface area contributed by atoms with Crippen LogP contribution in [0.5, 0.6) is 5.75 Å². The molecule has 0 saturated carbocycles. The van der Waals surface area contributed by atoms with Crippen LogP contribution in [0.4, 0.5) is 4.79 Å². The lowest BCUT2D eigenvalue weighted by atomic mass is 10.0. The maximum Gasteiger partial charge on any atom is 0.408 e. The summed E-state index contributed by atoms with van der Waals surface area (Å²) in [6, 6.07) is 13.8. The number of benzene rings is 2. The Labute approximate surface area is 205 Å². The number of ether oxygens (including phenoxy) is 3. The zero-order valence-electron chi connectivity index (χ0n) is 20.7. The quantitative estimate of drug-likeness (QED) is 0.441. The zero-order chi connectivity index (χ0) is 26.0. The maximum atomic E-state index is 13.0. The highest BCUT2D eigenvalue weighted by atomic mass is 16.5. The summed E-state index contributed by atoms with van der Waals surface area (Å²) in [5.41, 5.74) is 1.16. The standard InChI is InChI=1S/C26H34N2O7/c1-17(29)22(24(31)33-5)28-23(30)21(27-25(32)34-16-19-9-7-6-8-10-19)15-18-11-13-20(14-12-18)35-26(2,3)4/h6-14,17,21-22,29H,15-16H2,1-5H3,(H,27,32)(H,28,30)/t17-,21+,22+/m0/s1. The molecule has 190 valence electrons. The molecule has 0 heterocycles. The Morgan fingerprint density at radius 2 is 1.57 bits per heavy atom. The first-order valence-corrected chi connectivity index (χ1v) is 11.3. The summed E-state index contributed by atoms with van der Waals surface area (Å²) in [6.07, 6.45) is -1.89. The van der Waals surface area contributed by atoms with E-state index in [4.69, 9.17) is 9.47 Å². The fourth-order valence-electron chi connectivity index (χ4n) is 3.16. The van der Waals surface area contributed by atoms with E-state index in [1.807, 2.05) is 51.1 Å². The molecule has 0 aliphatic carbocycles. The van der Waals surface area contributed by atoms with Crippen molar-refractivity contribution in [3.8, 4) is 5.75 Å². The van der Waals surface area contributed by atoms with E-state index >= 15 is 0 Å². The predicted octanol–water partition coefficient (Wildman–Crippen LogP) is 2.74. The molecule has 35 heavy (non-hydrogen) atoms. The van der Waals surface area contributed by atoms with Crippen molar-refractivity contribution in [3.63, 3.8) is 0 Å². The summed E-state index contributed by atoms with van der Waals surface area (Å²) in [6.45, 7) is 7.19. The number of carbonyl (C=O) groups is 3. The molecule has 0 fully saturated rings. The molecular weight excluding hydrogens is 452 g/mol. The Morgan fingerprint density at radius 3 is 2.11 bits per heavy atom. The molecular formula is C26H34N2O7. The van der Waals surface area contributed by atoms with Crippen molar-refractivity contribution in [1.29, 1.82) is 0 Å². The molecule has 2 rings (SSSR count). The highest BCUT2D eigenvalue weighted by molar-refractivity contribution is 5.90. The van der Waals surface area contributed by atoms with Crippen LogP contribution < -0.4 is 15.4 Å². The van der Waals surface area contributed by atoms with Crippen LogP contribution in [-0.4, -0.2) is 54.0 Å². The van der Waals surface area contributed by atoms with Gasteiger partial charge in [0.2, 0.25) is 5.91 Å². The Hall–Kier alpha value is -3.59. The molecule has 0 unspecified atom stereocenters. The molecule has 0 aliphatic heterocycles. The number of hydrogen-bond donors (Lipinski definition) is 3. The molecule has 0 aromatic heterocycles. The van der Waals surface area contributed by atoms with Gasteiger partial charge < -0.3 is 30.0 Å². The summed E-state index contributed by atoms with van der Waals surface area (Å²) < 4.78 is 15.7. The van der Waals surface area contributed by atoms with Crippen molar-refractivity contribution >= 4 is 18.0 Å². The SMILES string of the molecule is COC(=O)[C@H](NC(=O)[C@@H](Cc1ccc(OC(C)(C)C)cc1)NC(=O)OCc1ccccc1)[C@H](C)O. The highest BCUT2D eigenvalue weighted by Crippen LogP contribution is 2.19. The number of amides is 2. The minimum atomic E-state index is -1.29. The smallest absolute Gasteiger partial charge is 0.408 e. The summed E-state index contributed by atoms with van der Waals surface area (Å²) >= 11 is 0. The second-order valence-electron chi connectivity index (χ2n) is 9.07. The number of rotatable bonds is 10. The van der Waals surface area contributed by atoms with Crippen molar-refractivity contribution in [1.82, 2.24) is 10.6 Å². The van der Waals surface area contributed by atoms with Gasteiger partial charge in [-0.05, 0) is 51.0 Å². The van der Waals surface area contributed by atoms with Crippen LogP contribution in [0.2, 0.25) is 0 Å². The molecule has 2 aromatic rings. The Balaban J connectivity index is 2.14. The first kappa shape index (κ1) is 27.7. The lowest BCUT2D eigenvalue weighted by molar-refractivity contribution is -0.148. The van der Waals surface area contributed by atoms with Gasteiger partial charge in [-0.2, -0.15) is 0 Å². The monoisotopic (exact) mass is 486 g/mol. The normalized spacial score (nSPS) is 13.7. The van der Waals surface area contributed by atoms with Crippen molar-refractivity contribution < 1.29 is 33.7 Å². The first-order chi connectivity index (χ1) is 16.5. The maximum absolute atomic E-state index is 13.0. The van der Waals surface area contributed by atoms with Crippen molar-refractivity contribution in [2.24, 2.45) is 0 Å². The van der Waals surface area contributed by atoms with Gasteiger partial charge >= 0.3 is 12.1 Å². The van der Waals surface area contributed by atoms with Crippen LogP contribution in [-0.2, 0) is 32.1 Å².